The van der Waals surface area contributed by atoms with E-state index in [0.29, 0.717) is 11.6 Å². The second kappa shape index (κ2) is 6.11. The van der Waals surface area contributed by atoms with E-state index in [9.17, 15) is 14.7 Å². The summed E-state index contributed by atoms with van der Waals surface area (Å²) in [6.07, 6.45) is 4.57. The molecule has 6 heteroatoms. The van der Waals surface area contributed by atoms with Gasteiger partial charge < -0.3 is 15.2 Å². The number of aryl methyl sites for hydroxylation is 1. The fourth-order valence-corrected chi connectivity index (χ4v) is 4.84. The van der Waals surface area contributed by atoms with Crippen LogP contribution in [-0.4, -0.2) is 16.9 Å². The van der Waals surface area contributed by atoms with Crippen LogP contribution in [0.3, 0.4) is 0 Å². The van der Waals surface area contributed by atoms with Gasteiger partial charge in [0.2, 0.25) is 5.91 Å². The number of hydrogen-bond donors (Lipinski definition) is 1. The van der Waals surface area contributed by atoms with Gasteiger partial charge in [-0.05, 0) is 25.2 Å². The van der Waals surface area contributed by atoms with Crippen molar-refractivity contribution in [3.8, 4) is 11.3 Å². The lowest BCUT2D eigenvalue weighted by molar-refractivity contribution is -0.313. The van der Waals surface area contributed by atoms with E-state index in [4.69, 9.17) is 0 Å². The zero-order chi connectivity index (χ0) is 17.6. The van der Waals surface area contributed by atoms with Crippen LogP contribution in [0, 0.1) is 30.6 Å². The first-order valence-electron chi connectivity index (χ1n) is 8.27. The molecule has 4 rings (SSSR count). The average Bonchev–Trinajstić information content (AvgIpc) is 3.29. The maximum atomic E-state index is 12.7. The molecule has 0 spiro atoms. The van der Waals surface area contributed by atoms with Crippen LogP contribution in [0.25, 0.3) is 11.3 Å². The van der Waals surface area contributed by atoms with Gasteiger partial charge in [-0.25, -0.2) is 4.98 Å². The van der Waals surface area contributed by atoms with Gasteiger partial charge in [0.25, 0.3) is 0 Å². The number of nitrogens with zero attached hydrogens (tertiary/aromatic N) is 1. The summed E-state index contributed by atoms with van der Waals surface area (Å²) < 4.78 is 0. The Bertz CT molecular complexity index is 859. The van der Waals surface area contributed by atoms with E-state index in [1.807, 2.05) is 49.4 Å². The fraction of sp³-hybridized carbons (Fsp3) is 0.316. The Labute approximate surface area is 149 Å². The number of amides is 1. The first-order chi connectivity index (χ1) is 12.0. The van der Waals surface area contributed by atoms with Crippen LogP contribution in [0.5, 0.6) is 0 Å². The predicted octanol–water partition coefficient (Wildman–Crippen LogP) is 2.25. The first kappa shape index (κ1) is 16.0. The molecule has 4 atom stereocenters. The summed E-state index contributed by atoms with van der Waals surface area (Å²) >= 11 is 1.40. The molecular formula is C19H17N2O3S-. The van der Waals surface area contributed by atoms with Crippen molar-refractivity contribution in [1.82, 2.24) is 4.98 Å². The molecule has 2 aliphatic rings. The summed E-state index contributed by atoms with van der Waals surface area (Å²) in [5.74, 6) is -2.86. The Balaban J connectivity index is 1.56. The summed E-state index contributed by atoms with van der Waals surface area (Å²) in [6.45, 7) is 1.96. The molecule has 2 aromatic rings. The van der Waals surface area contributed by atoms with Crippen LogP contribution in [-0.2, 0) is 9.59 Å². The van der Waals surface area contributed by atoms with Crippen molar-refractivity contribution in [2.75, 3.05) is 5.32 Å². The van der Waals surface area contributed by atoms with Crippen molar-refractivity contribution < 1.29 is 14.7 Å². The highest BCUT2D eigenvalue weighted by molar-refractivity contribution is 7.16. The first-order valence-corrected chi connectivity index (χ1v) is 9.09. The Morgan fingerprint density at radius 3 is 2.52 bits per heavy atom. The van der Waals surface area contributed by atoms with Gasteiger partial charge in [-0.2, -0.15) is 0 Å². The number of aliphatic carboxylic acids is 1. The Morgan fingerprint density at radius 2 is 1.84 bits per heavy atom. The molecule has 1 heterocycles. The van der Waals surface area contributed by atoms with Crippen LogP contribution < -0.4 is 10.4 Å². The molecule has 2 bridgehead atoms. The molecule has 1 aromatic carbocycles. The number of carbonyl (C=O) groups is 2. The third kappa shape index (κ3) is 2.76. The van der Waals surface area contributed by atoms with Crippen molar-refractivity contribution >= 4 is 28.3 Å². The smallest absolute Gasteiger partial charge is 0.230 e. The van der Waals surface area contributed by atoms with Crippen LogP contribution in [0.4, 0.5) is 5.13 Å². The van der Waals surface area contributed by atoms with Gasteiger partial charge in [0.1, 0.15) is 0 Å². The van der Waals surface area contributed by atoms with Gasteiger partial charge in [0.05, 0.1) is 11.6 Å². The second-order valence-electron chi connectivity index (χ2n) is 6.60. The predicted molar refractivity (Wildman–Crippen MR) is 93.6 cm³/mol. The molecule has 0 saturated heterocycles. The molecule has 128 valence electrons. The fourth-order valence-electron chi connectivity index (χ4n) is 4.00. The molecule has 25 heavy (non-hydrogen) atoms. The summed E-state index contributed by atoms with van der Waals surface area (Å²) in [5.41, 5.74) is 1.83. The second-order valence-corrected chi connectivity index (χ2v) is 7.80. The van der Waals surface area contributed by atoms with Crippen LogP contribution >= 0.6 is 11.3 Å². The van der Waals surface area contributed by atoms with Crippen molar-refractivity contribution in [3.63, 3.8) is 0 Å². The van der Waals surface area contributed by atoms with Gasteiger partial charge in [-0.3, -0.25) is 4.79 Å². The molecule has 1 amide bonds. The average molecular weight is 353 g/mol. The molecule has 1 fully saturated rings. The number of allylic oxidation sites excluding steroid dienone is 2. The molecule has 0 unspecified atom stereocenters. The lowest BCUT2D eigenvalue weighted by Gasteiger charge is -2.27. The van der Waals surface area contributed by atoms with E-state index < -0.39 is 17.8 Å². The highest BCUT2D eigenvalue weighted by Gasteiger charge is 2.48. The monoisotopic (exact) mass is 353 g/mol. The van der Waals surface area contributed by atoms with E-state index in [1.165, 1.54) is 11.3 Å². The van der Waals surface area contributed by atoms with Gasteiger partial charge in [0, 0.05) is 22.3 Å². The Kier molecular flexibility index (Phi) is 3.92. The topological polar surface area (TPSA) is 82.1 Å². The lowest BCUT2D eigenvalue weighted by Crippen LogP contribution is -2.42. The third-order valence-electron chi connectivity index (χ3n) is 5.11. The quantitative estimate of drug-likeness (QED) is 0.855. The summed E-state index contributed by atoms with van der Waals surface area (Å²) in [7, 11) is 0. The SMILES string of the molecule is Cc1sc(NC(=O)[C@@H]2[C@@H](C(=O)[O-])[C@H]3C=C[C@H]2C3)nc1-c1ccccc1. The number of carboxylic acids is 1. The lowest BCUT2D eigenvalue weighted by atomic mass is 9.82. The molecule has 2 aliphatic carbocycles. The maximum absolute atomic E-state index is 12.7. The number of benzene rings is 1. The number of fused-ring (bicyclic) bond motifs is 2. The molecule has 1 aromatic heterocycles. The normalized spacial score (nSPS) is 26.8. The van der Waals surface area contributed by atoms with Crippen LogP contribution in [0.1, 0.15) is 11.3 Å². The molecular weight excluding hydrogens is 336 g/mol. The van der Waals surface area contributed by atoms with Gasteiger partial charge >= 0.3 is 0 Å². The van der Waals surface area contributed by atoms with E-state index in [2.05, 4.69) is 10.3 Å². The minimum absolute atomic E-state index is 0.0254. The number of thiazole rings is 1. The summed E-state index contributed by atoms with van der Waals surface area (Å²) in [5, 5.41) is 14.8. The maximum Gasteiger partial charge on any atom is 0.230 e. The van der Waals surface area contributed by atoms with Gasteiger partial charge in [0.15, 0.2) is 5.13 Å². The Morgan fingerprint density at radius 1 is 1.16 bits per heavy atom. The number of nitrogens with one attached hydrogen (secondary N) is 1. The van der Waals surface area contributed by atoms with Crippen molar-refractivity contribution in [2.24, 2.45) is 23.7 Å². The molecule has 0 radical (unpaired) electrons. The number of anilines is 1. The molecule has 1 saturated carbocycles. The number of carbonyl (C=O) groups excluding carboxylic acids is 2. The number of aromatic nitrogens is 1. The zero-order valence-electron chi connectivity index (χ0n) is 13.6. The van der Waals surface area contributed by atoms with Crippen molar-refractivity contribution in [1.29, 1.82) is 0 Å². The third-order valence-corrected chi connectivity index (χ3v) is 5.99. The van der Waals surface area contributed by atoms with Gasteiger partial charge in [-0.15, -0.1) is 11.3 Å². The van der Waals surface area contributed by atoms with E-state index in [-0.39, 0.29) is 17.7 Å². The highest BCUT2D eigenvalue weighted by Crippen LogP contribution is 2.48. The summed E-state index contributed by atoms with van der Waals surface area (Å²) in [6, 6.07) is 9.77. The molecule has 0 aliphatic heterocycles. The van der Waals surface area contributed by atoms with Crippen LogP contribution in [0.2, 0.25) is 0 Å². The minimum Gasteiger partial charge on any atom is -0.550 e. The van der Waals surface area contributed by atoms with Crippen molar-refractivity contribution in [2.45, 2.75) is 13.3 Å². The Hall–Kier alpha value is -2.47. The molecule has 1 N–H and O–H groups in total. The zero-order valence-corrected chi connectivity index (χ0v) is 14.5. The highest BCUT2D eigenvalue weighted by atomic mass is 32.1. The van der Waals surface area contributed by atoms with E-state index >= 15 is 0 Å². The van der Waals surface area contributed by atoms with Crippen LogP contribution in [0.15, 0.2) is 42.5 Å². The number of rotatable bonds is 4. The summed E-state index contributed by atoms with van der Waals surface area (Å²) in [4.78, 5) is 29.7. The number of carboxylic acid groups (broad SMARTS) is 1. The van der Waals surface area contributed by atoms with E-state index in [1.54, 1.807) is 0 Å². The van der Waals surface area contributed by atoms with Crippen molar-refractivity contribution in [3.05, 3.63) is 47.4 Å². The largest absolute Gasteiger partial charge is 0.550 e. The van der Waals surface area contributed by atoms with E-state index in [0.717, 1.165) is 16.1 Å². The number of hydrogen-bond acceptors (Lipinski definition) is 5. The molecule has 5 nitrogen and oxygen atoms in total. The standard InChI is InChI=1S/C19H18N2O3S/c1-10-16(11-5-3-2-4-6-11)20-19(25-10)21-17(22)14-12-7-8-13(9-12)15(14)18(23)24/h2-8,12-15H,9H2,1H3,(H,23,24)(H,20,21,22)/p-1/t12-,13-,14-,15-/m0/s1. The van der Waals surface area contributed by atoms with Gasteiger partial charge in [-0.1, -0.05) is 42.5 Å². The minimum atomic E-state index is -1.14.